The average molecular weight is 190 g/mol. The van der Waals surface area contributed by atoms with Crippen LogP contribution in [0.2, 0.25) is 0 Å². The summed E-state index contributed by atoms with van der Waals surface area (Å²) in [6, 6.07) is 3.97. The molecule has 0 spiro atoms. The van der Waals surface area contributed by atoms with Crippen LogP contribution in [0.5, 0.6) is 0 Å². The second-order valence-electron chi connectivity index (χ2n) is 3.31. The zero-order chi connectivity index (χ0) is 9.97. The van der Waals surface area contributed by atoms with Gasteiger partial charge in [0, 0.05) is 18.3 Å². The molecule has 2 N–H and O–H groups in total. The number of nitrogens with two attached hydrogens (primary N) is 1. The first-order valence-electron chi connectivity index (χ1n) is 4.84. The van der Waals surface area contributed by atoms with Crippen molar-refractivity contribution in [3.8, 4) is 0 Å². The standard InChI is InChI=1S/C10H14N4/c1-2-6-14-9-8(4-3-5-12-9)7-13-10(14)11/h3-5H,2,6-7H2,1H3,(H2,11,13). The van der Waals surface area contributed by atoms with Crippen molar-refractivity contribution in [2.45, 2.75) is 19.9 Å². The molecule has 74 valence electrons. The summed E-state index contributed by atoms with van der Waals surface area (Å²) in [5.74, 6) is 1.54. The number of nitrogens with zero attached hydrogens (tertiary/aromatic N) is 3. The first kappa shape index (κ1) is 8.99. The van der Waals surface area contributed by atoms with Gasteiger partial charge < -0.3 is 5.73 Å². The van der Waals surface area contributed by atoms with Crippen LogP contribution in [-0.2, 0) is 6.54 Å². The van der Waals surface area contributed by atoms with Gasteiger partial charge >= 0.3 is 0 Å². The van der Waals surface area contributed by atoms with E-state index in [1.807, 2.05) is 17.0 Å². The highest BCUT2D eigenvalue weighted by Gasteiger charge is 2.18. The predicted octanol–water partition coefficient (Wildman–Crippen LogP) is 1.13. The van der Waals surface area contributed by atoms with E-state index in [2.05, 4.69) is 16.9 Å². The Balaban J connectivity index is 2.37. The molecule has 0 unspecified atom stereocenters. The van der Waals surface area contributed by atoms with Crippen molar-refractivity contribution < 1.29 is 0 Å². The fraction of sp³-hybridized carbons (Fsp3) is 0.400. The van der Waals surface area contributed by atoms with E-state index >= 15 is 0 Å². The van der Waals surface area contributed by atoms with E-state index in [1.54, 1.807) is 6.20 Å². The highest BCUT2D eigenvalue weighted by molar-refractivity contribution is 5.95. The third kappa shape index (κ3) is 1.43. The summed E-state index contributed by atoms with van der Waals surface area (Å²) in [4.78, 5) is 10.6. The zero-order valence-electron chi connectivity index (χ0n) is 8.27. The van der Waals surface area contributed by atoms with Crippen molar-refractivity contribution >= 4 is 11.8 Å². The molecule has 4 nitrogen and oxygen atoms in total. The third-order valence-corrected chi connectivity index (χ3v) is 2.26. The van der Waals surface area contributed by atoms with Gasteiger partial charge in [0.1, 0.15) is 5.82 Å². The maximum atomic E-state index is 5.82. The number of hydrogen-bond donors (Lipinski definition) is 1. The van der Waals surface area contributed by atoms with Gasteiger partial charge in [0.2, 0.25) is 0 Å². The average Bonchev–Trinajstić information content (AvgIpc) is 2.23. The molecule has 0 amide bonds. The van der Waals surface area contributed by atoms with Gasteiger partial charge in [-0.1, -0.05) is 13.0 Å². The Hall–Kier alpha value is -1.58. The van der Waals surface area contributed by atoms with E-state index < -0.39 is 0 Å². The Morgan fingerprint density at radius 3 is 3.21 bits per heavy atom. The summed E-state index contributed by atoms with van der Waals surface area (Å²) >= 11 is 0. The maximum Gasteiger partial charge on any atom is 0.197 e. The summed E-state index contributed by atoms with van der Waals surface area (Å²) in [6.45, 7) is 3.64. The number of pyridine rings is 1. The van der Waals surface area contributed by atoms with Crippen LogP contribution >= 0.6 is 0 Å². The molecule has 0 saturated carbocycles. The number of guanidine groups is 1. The molecule has 0 aliphatic carbocycles. The molecule has 2 rings (SSSR count). The van der Waals surface area contributed by atoms with E-state index in [9.17, 15) is 0 Å². The van der Waals surface area contributed by atoms with Crippen molar-refractivity contribution in [1.29, 1.82) is 0 Å². The van der Waals surface area contributed by atoms with Crippen molar-refractivity contribution in [2.75, 3.05) is 11.4 Å². The lowest BCUT2D eigenvalue weighted by Crippen LogP contribution is -2.41. The van der Waals surface area contributed by atoms with Gasteiger partial charge in [0.25, 0.3) is 0 Å². The largest absolute Gasteiger partial charge is 0.369 e. The molecule has 0 radical (unpaired) electrons. The van der Waals surface area contributed by atoms with Crippen LogP contribution in [0, 0.1) is 0 Å². The lowest BCUT2D eigenvalue weighted by molar-refractivity contribution is 0.843. The van der Waals surface area contributed by atoms with E-state index in [0.717, 1.165) is 24.3 Å². The fourth-order valence-electron chi connectivity index (χ4n) is 1.60. The minimum atomic E-state index is 0.582. The Labute approximate surface area is 83.5 Å². The van der Waals surface area contributed by atoms with E-state index in [-0.39, 0.29) is 0 Å². The highest BCUT2D eigenvalue weighted by atomic mass is 15.3. The van der Waals surface area contributed by atoms with E-state index in [4.69, 9.17) is 5.73 Å². The Morgan fingerprint density at radius 1 is 1.57 bits per heavy atom. The summed E-state index contributed by atoms with van der Waals surface area (Å²) in [5, 5.41) is 0. The van der Waals surface area contributed by atoms with Crippen molar-refractivity contribution in [3.05, 3.63) is 23.9 Å². The second kappa shape index (κ2) is 3.65. The summed E-state index contributed by atoms with van der Waals surface area (Å²) in [6.07, 6.45) is 2.83. The molecule has 1 aliphatic rings. The van der Waals surface area contributed by atoms with Crippen molar-refractivity contribution in [3.63, 3.8) is 0 Å². The number of fused-ring (bicyclic) bond motifs is 1. The van der Waals surface area contributed by atoms with Gasteiger partial charge in [-0.2, -0.15) is 0 Å². The molecule has 1 aliphatic heterocycles. The molecule has 0 bridgehead atoms. The van der Waals surface area contributed by atoms with Crippen molar-refractivity contribution in [2.24, 2.45) is 10.7 Å². The molecule has 0 atom stereocenters. The van der Waals surface area contributed by atoms with Gasteiger partial charge in [0.15, 0.2) is 5.96 Å². The molecular formula is C10H14N4. The minimum absolute atomic E-state index is 0.582. The van der Waals surface area contributed by atoms with Gasteiger partial charge in [0.05, 0.1) is 6.54 Å². The van der Waals surface area contributed by atoms with Gasteiger partial charge in [-0.3, -0.25) is 4.90 Å². The first-order chi connectivity index (χ1) is 6.83. The minimum Gasteiger partial charge on any atom is -0.369 e. The molecule has 2 heterocycles. The molecule has 1 aromatic rings. The molecule has 14 heavy (non-hydrogen) atoms. The quantitative estimate of drug-likeness (QED) is 0.760. The van der Waals surface area contributed by atoms with Crippen LogP contribution in [0.4, 0.5) is 5.82 Å². The Morgan fingerprint density at radius 2 is 2.43 bits per heavy atom. The highest BCUT2D eigenvalue weighted by Crippen LogP contribution is 2.21. The smallest absolute Gasteiger partial charge is 0.197 e. The zero-order valence-corrected chi connectivity index (χ0v) is 8.27. The van der Waals surface area contributed by atoms with Gasteiger partial charge in [-0.25, -0.2) is 9.98 Å². The summed E-state index contributed by atoms with van der Waals surface area (Å²) in [5.41, 5.74) is 6.96. The Bertz CT molecular complexity index is 359. The predicted molar refractivity (Wildman–Crippen MR) is 57.2 cm³/mol. The lowest BCUT2D eigenvalue weighted by atomic mass is 10.2. The van der Waals surface area contributed by atoms with Gasteiger partial charge in [-0.15, -0.1) is 0 Å². The number of hydrogen-bond acceptors (Lipinski definition) is 4. The van der Waals surface area contributed by atoms with Gasteiger partial charge in [-0.05, 0) is 12.5 Å². The maximum absolute atomic E-state index is 5.82. The fourth-order valence-corrected chi connectivity index (χ4v) is 1.60. The summed E-state index contributed by atoms with van der Waals surface area (Å²) < 4.78 is 0. The SMILES string of the molecule is CCCN1C(N)=NCc2cccnc21. The molecule has 0 aromatic carbocycles. The molecule has 4 heteroatoms. The lowest BCUT2D eigenvalue weighted by Gasteiger charge is -2.27. The number of aromatic nitrogens is 1. The molecule has 1 aromatic heterocycles. The monoisotopic (exact) mass is 190 g/mol. The van der Waals surface area contributed by atoms with Crippen LogP contribution < -0.4 is 10.6 Å². The van der Waals surface area contributed by atoms with E-state index in [0.29, 0.717) is 12.5 Å². The number of aliphatic imine (C=N–C) groups is 1. The van der Waals surface area contributed by atoms with Crippen LogP contribution in [0.25, 0.3) is 0 Å². The molecule has 0 fully saturated rings. The normalized spacial score (nSPS) is 14.9. The second-order valence-corrected chi connectivity index (χ2v) is 3.31. The van der Waals surface area contributed by atoms with Crippen molar-refractivity contribution in [1.82, 2.24) is 4.98 Å². The topological polar surface area (TPSA) is 54.5 Å². The molecular weight excluding hydrogens is 176 g/mol. The molecule has 0 saturated heterocycles. The third-order valence-electron chi connectivity index (χ3n) is 2.26. The van der Waals surface area contributed by atoms with Crippen LogP contribution in [0.1, 0.15) is 18.9 Å². The van der Waals surface area contributed by atoms with Crippen LogP contribution in [0.15, 0.2) is 23.3 Å². The van der Waals surface area contributed by atoms with Crippen LogP contribution in [-0.4, -0.2) is 17.5 Å². The number of rotatable bonds is 2. The van der Waals surface area contributed by atoms with E-state index in [1.165, 1.54) is 0 Å². The summed E-state index contributed by atoms with van der Waals surface area (Å²) in [7, 11) is 0. The van der Waals surface area contributed by atoms with Crippen LogP contribution in [0.3, 0.4) is 0 Å². The Kier molecular flexibility index (Phi) is 2.35. The first-order valence-corrected chi connectivity index (χ1v) is 4.84. The number of anilines is 1.